The molecule has 5 nitrogen and oxygen atoms in total. The van der Waals surface area contributed by atoms with Crippen molar-refractivity contribution in [2.45, 2.75) is 40.2 Å². The first kappa shape index (κ1) is 14.7. The molecular formula is C13H24N4O. The molecule has 0 aliphatic heterocycles. The van der Waals surface area contributed by atoms with Crippen molar-refractivity contribution in [3.05, 3.63) is 11.8 Å². The minimum absolute atomic E-state index is 0.0123. The molecular weight excluding hydrogens is 228 g/mol. The second-order valence-electron chi connectivity index (χ2n) is 4.82. The summed E-state index contributed by atoms with van der Waals surface area (Å²) in [6.45, 7) is 9.13. The van der Waals surface area contributed by atoms with Crippen molar-refractivity contribution in [3.8, 4) is 0 Å². The highest BCUT2D eigenvalue weighted by atomic mass is 16.3. The van der Waals surface area contributed by atoms with E-state index in [9.17, 15) is 5.11 Å². The summed E-state index contributed by atoms with van der Waals surface area (Å²) in [7, 11) is 0. The van der Waals surface area contributed by atoms with E-state index in [1.165, 1.54) is 0 Å². The van der Waals surface area contributed by atoms with Crippen molar-refractivity contribution in [3.63, 3.8) is 0 Å². The summed E-state index contributed by atoms with van der Waals surface area (Å²) < 4.78 is 0. The lowest BCUT2D eigenvalue weighted by Crippen LogP contribution is -2.30. The Hall–Kier alpha value is -1.36. The normalized spacial score (nSPS) is 12.6. The Bertz CT molecular complexity index is 368. The van der Waals surface area contributed by atoms with Crippen LogP contribution in [0.25, 0.3) is 0 Å². The third-order valence-corrected chi connectivity index (χ3v) is 2.72. The van der Waals surface area contributed by atoms with Crippen molar-refractivity contribution in [2.24, 2.45) is 5.92 Å². The van der Waals surface area contributed by atoms with E-state index in [2.05, 4.69) is 41.4 Å². The highest BCUT2D eigenvalue weighted by Crippen LogP contribution is 2.13. The number of rotatable bonds is 7. The van der Waals surface area contributed by atoms with E-state index in [0.29, 0.717) is 11.9 Å². The third-order valence-electron chi connectivity index (χ3n) is 2.72. The summed E-state index contributed by atoms with van der Waals surface area (Å²) in [6.07, 6.45) is 1.03. The van der Waals surface area contributed by atoms with Crippen LogP contribution in [-0.2, 0) is 0 Å². The second kappa shape index (κ2) is 7.16. The van der Waals surface area contributed by atoms with Gasteiger partial charge in [0.15, 0.2) is 0 Å². The molecule has 1 aromatic heterocycles. The Labute approximate surface area is 109 Å². The van der Waals surface area contributed by atoms with E-state index in [1.54, 1.807) is 0 Å². The minimum atomic E-state index is 0.0123. The van der Waals surface area contributed by atoms with Crippen LogP contribution in [0.2, 0.25) is 0 Å². The zero-order valence-corrected chi connectivity index (χ0v) is 11.7. The average molecular weight is 252 g/mol. The van der Waals surface area contributed by atoms with Crippen LogP contribution in [-0.4, -0.2) is 34.3 Å². The SMILES string of the molecule is CCCNc1nc(C)cc(N[C@H](CO)C(C)C)n1. The number of nitrogens with one attached hydrogen (secondary N) is 2. The van der Waals surface area contributed by atoms with Crippen LogP contribution in [0.15, 0.2) is 6.07 Å². The Morgan fingerprint density at radius 1 is 1.33 bits per heavy atom. The first-order chi connectivity index (χ1) is 8.56. The molecule has 0 saturated heterocycles. The Morgan fingerprint density at radius 2 is 2.06 bits per heavy atom. The van der Waals surface area contributed by atoms with Gasteiger partial charge in [-0.05, 0) is 19.3 Å². The van der Waals surface area contributed by atoms with E-state index in [-0.39, 0.29) is 12.6 Å². The molecule has 5 heteroatoms. The van der Waals surface area contributed by atoms with Gasteiger partial charge < -0.3 is 15.7 Å². The largest absolute Gasteiger partial charge is 0.394 e. The lowest BCUT2D eigenvalue weighted by molar-refractivity contribution is 0.249. The van der Waals surface area contributed by atoms with Crippen molar-refractivity contribution in [2.75, 3.05) is 23.8 Å². The molecule has 0 aliphatic carbocycles. The van der Waals surface area contributed by atoms with Gasteiger partial charge in [-0.1, -0.05) is 20.8 Å². The number of anilines is 2. The van der Waals surface area contributed by atoms with Gasteiger partial charge in [0.05, 0.1) is 12.6 Å². The molecule has 0 saturated carbocycles. The maximum Gasteiger partial charge on any atom is 0.224 e. The van der Waals surface area contributed by atoms with Gasteiger partial charge in [-0.3, -0.25) is 0 Å². The van der Waals surface area contributed by atoms with Crippen LogP contribution in [0.5, 0.6) is 0 Å². The number of aromatic nitrogens is 2. The quantitative estimate of drug-likeness (QED) is 0.692. The number of nitrogens with zero attached hydrogens (tertiary/aromatic N) is 2. The van der Waals surface area contributed by atoms with Gasteiger partial charge in [0.1, 0.15) is 5.82 Å². The molecule has 3 N–H and O–H groups in total. The van der Waals surface area contributed by atoms with Crippen molar-refractivity contribution >= 4 is 11.8 Å². The van der Waals surface area contributed by atoms with E-state index in [4.69, 9.17) is 0 Å². The van der Waals surface area contributed by atoms with Crippen LogP contribution < -0.4 is 10.6 Å². The van der Waals surface area contributed by atoms with Crippen molar-refractivity contribution in [1.82, 2.24) is 9.97 Å². The summed E-state index contributed by atoms with van der Waals surface area (Å²) in [5.74, 6) is 1.74. The number of aryl methyl sites for hydroxylation is 1. The zero-order chi connectivity index (χ0) is 13.5. The molecule has 1 rings (SSSR count). The highest BCUT2D eigenvalue weighted by molar-refractivity contribution is 5.43. The summed E-state index contributed by atoms with van der Waals surface area (Å²) >= 11 is 0. The molecule has 0 spiro atoms. The van der Waals surface area contributed by atoms with Crippen LogP contribution >= 0.6 is 0 Å². The maximum atomic E-state index is 9.32. The van der Waals surface area contributed by atoms with Crippen LogP contribution in [0.4, 0.5) is 11.8 Å². The van der Waals surface area contributed by atoms with Gasteiger partial charge in [0.2, 0.25) is 5.95 Å². The number of hydrogen-bond donors (Lipinski definition) is 3. The molecule has 0 unspecified atom stereocenters. The molecule has 0 aliphatic rings. The van der Waals surface area contributed by atoms with Crippen LogP contribution in [0.1, 0.15) is 32.9 Å². The van der Waals surface area contributed by atoms with Gasteiger partial charge >= 0.3 is 0 Å². The van der Waals surface area contributed by atoms with E-state index >= 15 is 0 Å². The number of aliphatic hydroxyl groups excluding tert-OH is 1. The van der Waals surface area contributed by atoms with Gasteiger partial charge in [-0.25, -0.2) is 4.98 Å². The van der Waals surface area contributed by atoms with Gasteiger partial charge in [-0.2, -0.15) is 4.98 Å². The standard InChI is InChI=1S/C13H24N4O/c1-5-6-14-13-15-10(4)7-12(17-13)16-11(8-18)9(2)3/h7,9,11,18H,5-6,8H2,1-4H3,(H2,14,15,16,17)/t11-/m1/s1. The third kappa shape index (κ3) is 4.49. The molecule has 1 aromatic rings. The molecule has 0 radical (unpaired) electrons. The lowest BCUT2D eigenvalue weighted by atomic mass is 10.1. The van der Waals surface area contributed by atoms with Crippen molar-refractivity contribution < 1.29 is 5.11 Å². The summed E-state index contributed by atoms with van der Waals surface area (Å²) in [6, 6.07) is 1.90. The first-order valence-electron chi connectivity index (χ1n) is 6.53. The summed E-state index contributed by atoms with van der Waals surface area (Å²) in [4.78, 5) is 8.72. The first-order valence-corrected chi connectivity index (χ1v) is 6.53. The number of hydrogen-bond acceptors (Lipinski definition) is 5. The van der Waals surface area contributed by atoms with Gasteiger partial charge in [-0.15, -0.1) is 0 Å². The zero-order valence-electron chi connectivity index (χ0n) is 11.7. The fourth-order valence-corrected chi connectivity index (χ4v) is 1.57. The van der Waals surface area contributed by atoms with E-state index in [1.807, 2.05) is 13.0 Å². The van der Waals surface area contributed by atoms with Crippen molar-refractivity contribution in [1.29, 1.82) is 0 Å². The number of aliphatic hydroxyl groups is 1. The smallest absolute Gasteiger partial charge is 0.224 e. The van der Waals surface area contributed by atoms with E-state index < -0.39 is 0 Å². The average Bonchev–Trinajstić information content (AvgIpc) is 2.32. The van der Waals surface area contributed by atoms with Crippen LogP contribution in [0.3, 0.4) is 0 Å². The second-order valence-corrected chi connectivity index (χ2v) is 4.82. The minimum Gasteiger partial charge on any atom is -0.394 e. The molecule has 0 fully saturated rings. The van der Waals surface area contributed by atoms with E-state index in [0.717, 1.165) is 24.5 Å². The fraction of sp³-hybridized carbons (Fsp3) is 0.692. The molecule has 0 amide bonds. The van der Waals surface area contributed by atoms with Crippen LogP contribution in [0, 0.1) is 12.8 Å². The van der Waals surface area contributed by atoms with Gasteiger partial charge in [0, 0.05) is 18.3 Å². The molecule has 0 aromatic carbocycles. The predicted octanol–water partition coefficient (Wildman–Crippen LogP) is 2.04. The molecule has 102 valence electrons. The predicted molar refractivity (Wildman–Crippen MR) is 74.9 cm³/mol. The highest BCUT2D eigenvalue weighted by Gasteiger charge is 2.13. The molecule has 0 bridgehead atoms. The molecule has 18 heavy (non-hydrogen) atoms. The Kier molecular flexibility index (Phi) is 5.85. The summed E-state index contributed by atoms with van der Waals surface area (Å²) in [5, 5.41) is 15.7. The monoisotopic (exact) mass is 252 g/mol. The Balaban J connectivity index is 2.78. The maximum absolute atomic E-state index is 9.32. The topological polar surface area (TPSA) is 70.1 Å². The summed E-state index contributed by atoms with van der Waals surface area (Å²) in [5.41, 5.74) is 0.909. The Morgan fingerprint density at radius 3 is 2.61 bits per heavy atom. The lowest BCUT2D eigenvalue weighted by Gasteiger charge is -2.21. The molecule has 1 atom stereocenters. The molecule has 1 heterocycles. The van der Waals surface area contributed by atoms with Gasteiger partial charge in [0.25, 0.3) is 0 Å². The fourth-order valence-electron chi connectivity index (χ4n) is 1.57.